The molecule has 6 heteroatoms. The number of alkyl halides is 3. The van der Waals surface area contributed by atoms with Crippen LogP contribution in [0.4, 0.5) is 13.2 Å². The SMILES string of the molecule is O=COCc1ccc(SC(F)(F)F)cc1. The van der Waals surface area contributed by atoms with Crippen molar-refractivity contribution in [2.45, 2.75) is 17.0 Å². The molecular weight excluding hydrogens is 229 g/mol. The zero-order valence-corrected chi connectivity index (χ0v) is 8.27. The molecule has 0 fully saturated rings. The fourth-order valence-electron chi connectivity index (χ4n) is 0.918. The molecule has 0 unspecified atom stereocenters. The van der Waals surface area contributed by atoms with Crippen molar-refractivity contribution in [3.63, 3.8) is 0 Å². The third kappa shape index (κ3) is 4.73. The average Bonchev–Trinajstić information content (AvgIpc) is 2.14. The van der Waals surface area contributed by atoms with E-state index in [-0.39, 0.29) is 23.3 Å². The van der Waals surface area contributed by atoms with Crippen LogP contribution in [0, 0.1) is 0 Å². The number of carbonyl (C=O) groups is 1. The van der Waals surface area contributed by atoms with Gasteiger partial charge in [0.2, 0.25) is 0 Å². The summed E-state index contributed by atoms with van der Waals surface area (Å²) in [4.78, 5) is 9.97. The minimum atomic E-state index is -4.28. The van der Waals surface area contributed by atoms with Gasteiger partial charge >= 0.3 is 5.51 Å². The lowest BCUT2D eigenvalue weighted by Gasteiger charge is -2.05. The molecule has 0 bridgehead atoms. The number of rotatable bonds is 4. The minimum Gasteiger partial charge on any atom is -0.463 e. The molecule has 0 atom stereocenters. The van der Waals surface area contributed by atoms with Crippen LogP contribution < -0.4 is 0 Å². The van der Waals surface area contributed by atoms with Gasteiger partial charge in [-0.2, -0.15) is 13.2 Å². The highest BCUT2D eigenvalue weighted by Crippen LogP contribution is 2.36. The molecule has 0 aliphatic rings. The van der Waals surface area contributed by atoms with E-state index in [0.29, 0.717) is 12.0 Å². The Morgan fingerprint density at radius 3 is 2.33 bits per heavy atom. The van der Waals surface area contributed by atoms with E-state index < -0.39 is 5.51 Å². The number of hydrogen-bond acceptors (Lipinski definition) is 3. The standard InChI is InChI=1S/C9H7F3O2S/c10-9(11,12)15-8-3-1-7(2-4-8)5-14-6-13/h1-4,6H,5H2. The maximum absolute atomic E-state index is 11.9. The second-order valence-corrected chi connectivity index (χ2v) is 3.74. The fourth-order valence-corrected chi connectivity index (χ4v) is 1.46. The van der Waals surface area contributed by atoms with Crippen LogP contribution in [0.5, 0.6) is 0 Å². The lowest BCUT2D eigenvalue weighted by atomic mass is 10.2. The zero-order chi connectivity index (χ0) is 11.3. The zero-order valence-electron chi connectivity index (χ0n) is 7.45. The van der Waals surface area contributed by atoms with Crippen LogP contribution >= 0.6 is 11.8 Å². The number of carbonyl (C=O) groups excluding carboxylic acids is 1. The van der Waals surface area contributed by atoms with Gasteiger partial charge in [0.15, 0.2) is 0 Å². The van der Waals surface area contributed by atoms with E-state index >= 15 is 0 Å². The molecule has 0 saturated heterocycles. The Morgan fingerprint density at radius 2 is 1.87 bits per heavy atom. The van der Waals surface area contributed by atoms with E-state index in [1.807, 2.05) is 0 Å². The highest BCUT2D eigenvalue weighted by atomic mass is 32.2. The third-order valence-electron chi connectivity index (χ3n) is 1.47. The lowest BCUT2D eigenvalue weighted by Crippen LogP contribution is -1.99. The summed E-state index contributed by atoms with van der Waals surface area (Å²) in [6.07, 6.45) is 0. The molecule has 15 heavy (non-hydrogen) atoms. The Morgan fingerprint density at radius 1 is 1.27 bits per heavy atom. The molecule has 2 nitrogen and oxygen atoms in total. The molecule has 1 aromatic carbocycles. The summed E-state index contributed by atoms with van der Waals surface area (Å²) >= 11 is -0.177. The van der Waals surface area contributed by atoms with Gasteiger partial charge in [-0.05, 0) is 29.5 Å². The van der Waals surface area contributed by atoms with E-state index in [2.05, 4.69) is 4.74 Å². The second-order valence-electron chi connectivity index (χ2n) is 2.60. The van der Waals surface area contributed by atoms with Crippen molar-refractivity contribution in [1.82, 2.24) is 0 Å². The summed E-state index contributed by atoms with van der Waals surface area (Å²) in [5.41, 5.74) is -3.63. The fraction of sp³-hybridized carbons (Fsp3) is 0.222. The van der Waals surface area contributed by atoms with Gasteiger partial charge in [-0.15, -0.1) is 0 Å². The molecule has 0 saturated carbocycles. The smallest absolute Gasteiger partial charge is 0.446 e. The van der Waals surface area contributed by atoms with Crippen molar-refractivity contribution in [1.29, 1.82) is 0 Å². The van der Waals surface area contributed by atoms with Crippen LogP contribution in [-0.4, -0.2) is 12.0 Å². The first kappa shape index (κ1) is 11.9. The first-order valence-electron chi connectivity index (χ1n) is 3.91. The van der Waals surface area contributed by atoms with E-state index in [0.717, 1.165) is 0 Å². The van der Waals surface area contributed by atoms with E-state index in [1.165, 1.54) is 24.3 Å². The van der Waals surface area contributed by atoms with Crippen LogP contribution in [0.3, 0.4) is 0 Å². The Kier molecular flexibility index (Phi) is 4.02. The minimum absolute atomic E-state index is 0.0699. The summed E-state index contributed by atoms with van der Waals surface area (Å²) in [6.45, 7) is 0.360. The predicted molar refractivity (Wildman–Crippen MR) is 49.2 cm³/mol. The molecule has 0 aliphatic carbocycles. The molecule has 0 aliphatic heterocycles. The molecule has 0 N–H and O–H groups in total. The second kappa shape index (κ2) is 5.06. The van der Waals surface area contributed by atoms with Crippen molar-refractivity contribution in [3.8, 4) is 0 Å². The molecule has 82 valence electrons. The van der Waals surface area contributed by atoms with Gasteiger partial charge in [-0.1, -0.05) is 12.1 Å². The molecule has 1 aromatic rings. The summed E-state index contributed by atoms with van der Waals surface area (Å²) in [6, 6.07) is 5.64. The number of thioether (sulfide) groups is 1. The largest absolute Gasteiger partial charge is 0.463 e. The maximum Gasteiger partial charge on any atom is 0.446 e. The van der Waals surface area contributed by atoms with Crippen LogP contribution in [0.25, 0.3) is 0 Å². The Bertz CT molecular complexity index is 321. The van der Waals surface area contributed by atoms with Gasteiger partial charge in [0.1, 0.15) is 6.61 Å². The first-order valence-corrected chi connectivity index (χ1v) is 4.73. The predicted octanol–water partition coefficient (Wildman–Crippen LogP) is 2.97. The van der Waals surface area contributed by atoms with Crippen molar-refractivity contribution >= 4 is 18.2 Å². The third-order valence-corrected chi connectivity index (χ3v) is 2.21. The number of benzene rings is 1. The normalized spacial score (nSPS) is 11.1. The van der Waals surface area contributed by atoms with Crippen molar-refractivity contribution in [2.75, 3.05) is 0 Å². The topological polar surface area (TPSA) is 26.3 Å². The van der Waals surface area contributed by atoms with Gasteiger partial charge in [0, 0.05) is 4.90 Å². The summed E-state index contributed by atoms with van der Waals surface area (Å²) < 4.78 is 40.3. The van der Waals surface area contributed by atoms with Gasteiger partial charge in [0.05, 0.1) is 0 Å². The highest BCUT2D eigenvalue weighted by molar-refractivity contribution is 8.00. The molecule has 0 radical (unpaired) electrons. The molecular formula is C9H7F3O2S. The van der Waals surface area contributed by atoms with Gasteiger partial charge in [0.25, 0.3) is 6.47 Å². The monoisotopic (exact) mass is 236 g/mol. The maximum atomic E-state index is 11.9. The molecule has 0 aromatic heterocycles. The van der Waals surface area contributed by atoms with Crippen LogP contribution in [0.1, 0.15) is 5.56 Å². The molecule has 0 heterocycles. The quantitative estimate of drug-likeness (QED) is 0.593. The molecule has 1 rings (SSSR count). The van der Waals surface area contributed by atoms with Gasteiger partial charge < -0.3 is 4.74 Å². The summed E-state index contributed by atoms with van der Waals surface area (Å²) in [5, 5.41) is 0. The summed E-state index contributed by atoms with van der Waals surface area (Å²) in [5.74, 6) is 0. The average molecular weight is 236 g/mol. The lowest BCUT2D eigenvalue weighted by molar-refractivity contribution is -0.129. The van der Waals surface area contributed by atoms with Gasteiger partial charge in [-0.25, -0.2) is 0 Å². The molecule has 0 spiro atoms. The van der Waals surface area contributed by atoms with Crippen LogP contribution in [0.2, 0.25) is 0 Å². The summed E-state index contributed by atoms with van der Waals surface area (Å²) in [7, 11) is 0. The Balaban J connectivity index is 2.60. The number of halogens is 3. The van der Waals surface area contributed by atoms with Crippen molar-refractivity contribution in [3.05, 3.63) is 29.8 Å². The van der Waals surface area contributed by atoms with E-state index in [1.54, 1.807) is 0 Å². The van der Waals surface area contributed by atoms with Crippen LogP contribution in [-0.2, 0) is 16.1 Å². The number of ether oxygens (including phenoxy) is 1. The Labute approximate surface area is 88.4 Å². The highest BCUT2D eigenvalue weighted by Gasteiger charge is 2.28. The Hall–Kier alpha value is -1.17. The van der Waals surface area contributed by atoms with Crippen molar-refractivity contribution in [2.24, 2.45) is 0 Å². The van der Waals surface area contributed by atoms with Gasteiger partial charge in [-0.3, -0.25) is 4.79 Å². The van der Waals surface area contributed by atoms with E-state index in [9.17, 15) is 18.0 Å². The van der Waals surface area contributed by atoms with Crippen molar-refractivity contribution < 1.29 is 22.7 Å². The number of hydrogen-bond donors (Lipinski definition) is 0. The van der Waals surface area contributed by atoms with Crippen LogP contribution in [0.15, 0.2) is 29.2 Å². The van der Waals surface area contributed by atoms with E-state index in [4.69, 9.17) is 0 Å². The first-order chi connectivity index (χ1) is 7.01. The molecule has 0 amide bonds.